The maximum atomic E-state index is 12.1. The molecule has 4 nitrogen and oxygen atoms in total. The van der Waals surface area contributed by atoms with Gasteiger partial charge in [0, 0.05) is 0 Å². The zero-order chi connectivity index (χ0) is 14.8. The Labute approximate surface area is 115 Å². The Kier molecular flexibility index (Phi) is 4.99. The molecule has 19 heavy (non-hydrogen) atoms. The second kappa shape index (κ2) is 5.93. The summed E-state index contributed by atoms with van der Waals surface area (Å²) in [5.74, 6) is -0.479. The third kappa shape index (κ3) is 4.22. The molecule has 0 saturated carbocycles. The van der Waals surface area contributed by atoms with Crippen molar-refractivity contribution in [3.05, 3.63) is 0 Å². The highest BCUT2D eigenvalue weighted by Crippen LogP contribution is 2.34. The molecular weight excluding hydrogens is 244 g/mol. The molecule has 0 aromatic heterocycles. The number of rotatable bonds is 5. The Balaban J connectivity index is 2.61. The number of carbonyl (C=O) groups is 2. The minimum Gasteiger partial charge on any atom is -0.461 e. The SMILES string of the molecule is CC[C@@H](C[C@@H]1C(=O)O[C@H]1C(C)C)C(=O)OC(C)(C)C. The molecule has 0 radical (unpaired) electrons. The lowest BCUT2D eigenvalue weighted by atomic mass is 9.81. The predicted molar refractivity (Wildman–Crippen MR) is 72.5 cm³/mol. The first-order chi connectivity index (χ1) is 8.65. The van der Waals surface area contributed by atoms with E-state index in [2.05, 4.69) is 0 Å². The lowest BCUT2D eigenvalue weighted by Crippen LogP contribution is -2.49. The molecular formula is C15H26O4. The summed E-state index contributed by atoms with van der Waals surface area (Å²) in [7, 11) is 0. The molecule has 1 saturated heterocycles. The van der Waals surface area contributed by atoms with Gasteiger partial charge in [0.15, 0.2) is 0 Å². The van der Waals surface area contributed by atoms with E-state index in [1.807, 2.05) is 41.5 Å². The zero-order valence-corrected chi connectivity index (χ0v) is 12.9. The van der Waals surface area contributed by atoms with Crippen LogP contribution in [-0.4, -0.2) is 23.6 Å². The van der Waals surface area contributed by atoms with Gasteiger partial charge in [-0.2, -0.15) is 0 Å². The molecule has 0 aromatic rings. The fourth-order valence-corrected chi connectivity index (χ4v) is 2.32. The van der Waals surface area contributed by atoms with Crippen LogP contribution in [-0.2, 0) is 19.1 Å². The largest absolute Gasteiger partial charge is 0.461 e. The van der Waals surface area contributed by atoms with Gasteiger partial charge in [-0.15, -0.1) is 0 Å². The van der Waals surface area contributed by atoms with E-state index >= 15 is 0 Å². The Morgan fingerprint density at radius 1 is 1.37 bits per heavy atom. The molecule has 1 fully saturated rings. The van der Waals surface area contributed by atoms with Crippen LogP contribution in [0.4, 0.5) is 0 Å². The van der Waals surface area contributed by atoms with Gasteiger partial charge in [-0.25, -0.2) is 0 Å². The number of esters is 2. The monoisotopic (exact) mass is 270 g/mol. The number of carbonyl (C=O) groups excluding carboxylic acids is 2. The van der Waals surface area contributed by atoms with Crippen molar-refractivity contribution in [2.45, 2.75) is 66.1 Å². The minimum absolute atomic E-state index is 0.0519. The molecule has 1 heterocycles. The lowest BCUT2D eigenvalue weighted by molar-refractivity contribution is -0.193. The number of cyclic esters (lactones) is 1. The average Bonchev–Trinajstić information content (AvgIpc) is 2.23. The van der Waals surface area contributed by atoms with Gasteiger partial charge in [0.05, 0.1) is 11.8 Å². The summed E-state index contributed by atoms with van der Waals surface area (Å²) in [5.41, 5.74) is -0.484. The van der Waals surface area contributed by atoms with Gasteiger partial charge >= 0.3 is 11.9 Å². The minimum atomic E-state index is -0.484. The van der Waals surface area contributed by atoms with E-state index < -0.39 is 5.60 Å². The van der Waals surface area contributed by atoms with Gasteiger partial charge in [0.25, 0.3) is 0 Å². The number of hydrogen-bond acceptors (Lipinski definition) is 4. The normalized spacial score (nSPS) is 24.7. The van der Waals surface area contributed by atoms with Crippen LogP contribution < -0.4 is 0 Å². The van der Waals surface area contributed by atoms with Crippen LogP contribution in [0.1, 0.15) is 54.4 Å². The standard InChI is InChI=1S/C15H26O4/c1-7-10(13(16)19-15(4,5)6)8-11-12(9(2)3)18-14(11)17/h9-12H,7-8H2,1-6H3/t10-,11-,12-/m0/s1. The maximum absolute atomic E-state index is 12.1. The van der Waals surface area contributed by atoms with Crippen molar-refractivity contribution >= 4 is 11.9 Å². The van der Waals surface area contributed by atoms with Crippen molar-refractivity contribution in [1.29, 1.82) is 0 Å². The molecule has 0 bridgehead atoms. The number of hydrogen-bond donors (Lipinski definition) is 0. The smallest absolute Gasteiger partial charge is 0.313 e. The van der Waals surface area contributed by atoms with Crippen molar-refractivity contribution in [3.63, 3.8) is 0 Å². The average molecular weight is 270 g/mol. The molecule has 0 N–H and O–H groups in total. The molecule has 1 aliphatic rings. The summed E-state index contributed by atoms with van der Waals surface area (Å²) < 4.78 is 10.5. The third-order valence-electron chi connectivity index (χ3n) is 3.38. The molecule has 3 atom stereocenters. The second-order valence-corrected chi connectivity index (χ2v) is 6.63. The molecule has 0 aromatic carbocycles. The van der Waals surface area contributed by atoms with Gasteiger partial charge in [-0.05, 0) is 39.5 Å². The van der Waals surface area contributed by atoms with Crippen LogP contribution in [0.3, 0.4) is 0 Å². The zero-order valence-electron chi connectivity index (χ0n) is 12.9. The van der Waals surface area contributed by atoms with Gasteiger partial charge in [-0.3, -0.25) is 9.59 Å². The van der Waals surface area contributed by atoms with Crippen LogP contribution in [0.5, 0.6) is 0 Å². The summed E-state index contributed by atoms with van der Waals surface area (Å²) in [6.45, 7) is 11.6. The Hall–Kier alpha value is -1.06. The third-order valence-corrected chi connectivity index (χ3v) is 3.38. The molecule has 0 unspecified atom stereocenters. The Bertz CT molecular complexity index is 341. The van der Waals surface area contributed by atoms with Gasteiger partial charge in [0.1, 0.15) is 11.7 Å². The maximum Gasteiger partial charge on any atom is 0.313 e. The highest BCUT2D eigenvalue weighted by molar-refractivity contribution is 5.80. The first kappa shape index (κ1) is 16.0. The predicted octanol–water partition coefficient (Wildman–Crippen LogP) is 2.94. The van der Waals surface area contributed by atoms with E-state index in [1.165, 1.54) is 0 Å². The van der Waals surface area contributed by atoms with Crippen molar-refractivity contribution in [3.8, 4) is 0 Å². The van der Waals surface area contributed by atoms with E-state index in [1.54, 1.807) is 0 Å². The molecule has 1 rings (SSSR count). The summed E-state index contributed by atoms with van der Waals surface area (Å²) in [6.07, 6.45) is 1.17. The summed E-state index contributed by atoms with van der Waals surface area (Å²) in [5, 5.41) is 0. The fourth-order valence-electron chi connectivity index (χ4n) is 2.32. The quantitative estimate of drug-likeness (QED) is 0.721. The van der Waals surface area contributed by atoms with E-state index in [-0.39, 0.29) is 29.9 Å². The molecule has 0 amide bonds. The van der Waals surface area contributed by atoms with E-state index in [0.29, 0.717) is 18.8 Å². The van der Waals surface area contributed by atoms with Crippen molar-refractivity contribution in [2.24, 2.45) is 17.8 Å². The van der Waals surface area contributed by atoms with E-state index in [9.17, 15) is 9.59 Å². The van der Waals surface area contributed by atoms with Crippen molar-refractivity contribution < 1.29 is 19.1 Å². The summed E-state index contributed by atoms with van der Waals surface area (Å²) >= 11 is 0. The Morgan fingerprint density at radius 3 is 2.32 bits per heavy atom. The van der Waals surface area contributed by atoms with Crippen LogP contribution in [0, 0.1) is 17.8 Å². The molecule has 0 aliphatic carbocycles. The van der Waals surface area contributed by atoms with Gasteiger partial charge in [0.2, 0.25) is 0 Å². The Morgan fingerprint density at radius 2 is 1.95 bits per heavy atom. The first-order valence-corrected chi connectivity index (χ1v) is 7.09. The van der Waals surface area contributed by atoms with Crippen LogP contribution in [0.15, 0.2) is 0 Å². The molecule has 1 aliphatic heterocycles. The van der Waals surface area contributed by atoms with E-state index in [4.69, 9.17) is 9.47 Å². The number of ether oxygens (including phenoxy) is 2. The van der Waals surface area contributed by atoms with Gasteiger partial charge in [-0.1, -0.05) is 20.8 Å². The van der Waals surface area contributed by atoms with Crippen LogP contribution in [0.2, 0.25) is 0 Å². The highest BCUT2D eigenvalue weighted by atomic mass is 16.6. The first-order valence-electron chi connectivity index (χ1n) is 7.09. The van der Waals surface area contributed by atoms with Crippen LogP contribution >= 0.6 is 0 Å². The highest BCUT2D eigenvalue weighted by Gasteiger charge is 2.46. The molecule has 110 valence electrons. The summed E-state index contributed by atoms with van der Waals surface area (Å²) in [6, 6.07) is 0. The van der Waals surface area contributed by atoms with Crippen molar-refractivity contribution in [1.82, 2.24) is 0 Å². The lowest BCUT2D eigenvalue weighted by Gasteiger charge is -2.39. The summed E-state index contributed by atoms with van der Waals surface area (Å²) in [4.78, 5) is 23.6. The van der Waals surface area contributed by atoms with Crippen LogP contribution in [0.25, 0.3) is 0 Å². The molecule has 4 heteroatoms. The van der Waals surface area contributed by atoms with Crippen molar-refractivity contribution in [2.75, 3.05) is 0 Å². The van der Waals surface area contributed by atoms with Gasteiger partial charge < -0.3 is 9.47 Å². The van der Waals surface area contributed by atoms with E-state index in [0.717, 1.165) is 0 Å². The second-order valence-electron chi connectivity index (χ2n) is 6.63. The fraction of sp³-hybridized carbons (Fsp3) is 0.867. The topological polar surface area (TPSA) is 52.6 Å². The molecule has 0 spiro atoms.